The molecule has 1 aliphatic carbocycles. The quantitative estimate of drug-likeness (QED) is 0.637. The van der Waals surface area contributed by atoms with Gasteiger partial charge in [0.2, 0.25) is 0 Å². The van der Waals surface area contributed by atoms with E-state index in [0.717, 1.165) is 24.8 Å². The van der Waals surface area contributed by atoms with E-state index in [0.29, 0.717) is 25.7 Å². The number of amidine groups is 1. The Morgan fingerprint density at radius 3 is 2.44 bits per heavy atom. The predicted molar refractivity (Wildman–Crippen MR) is 116 cm³/mol. The van der Waals surface area contributed by atoms with Gasteiger partial charge in [0.15, 0.2) is 15.5 Å². The standard InChI is InChI=1S/C21H23F2N5O3S/c22-13-4-7-17(26-11-13)18(29)27-14-5-6-16(23)15(10-14)21(25)12-32(30,31)20(19(24)28-21)8-2-1-3-9-20/h4-7,10-11H,1-3,8-9,12,25H2,(H2,24,28)(H,27,29)/t21-/m0/s1. The zero-order chi connectivity index (χ0) is 23.1. The maximum atomic E-state index is 14.8. The maximum absolute atomic E-state index is 14.8. The zero-order valence-electron chi connectivity index (χ0n) is 17.1. The summed E-state index contributed by atoms with van der Waals surface area (Å²) in [5, 5.41) is 2.52. The number of pyridine rings is 1. The molecule has 32 heavy (non-hydrogen) atoms. The molecule has 0 saturated heterocycles. The van der Waals surface area contributed by atoms with Crippen LogP contribution in [0, 0.1) is 11.6 Å². The van der Waals surface area contributed by atoms with E-state index in [-0.39, 0.29) is 22.8 Å². The Balaban J connectivity index is 1.69. The summed E-state index contributed by atoms with van der Waals surface area (Å²) in [7, 11) is -3.83. The number of rotatable bonds is 3. The Hall–Kier alpha value is -2.92. The summed E-state index contributed by atoms with van der Waals surface area (Å²) in [6, 6.07) is 5.85. The number of amides is 1. The van der Waals surface area contributed by atoms with Crippen molar-refractivity contribution in [3.8, 4) is 0 Å². The van der Waals surface area contributed by atoms with Gasteiger partial charge in [-0.05, 0) is 43.2 Å². The van der Waals surface area contributed by atoms with Gasteiger partial charge in [0.05, 0.1) is 11.9 Å². The first-order valence-corrected chi connectivity index (χ1v) is 11.8. The van der Waals surface area contributed by atoms with Gasteiger partial charge in [0.25, 0.3) is 5.91 Å². The molecule has 1 amide bonds. The molecule has 1 aliphatic heterocycles. The molecule has 0 radical (unpaired) electrons. The SMILES string of the molecule is NC1=N[C@](N)(c2cc(NC(=O)c3ccc(F)cn3)ccc2F)CS(=O)(=O)C12CCCCC2. The van der Waals surface area contributed by atoms with Crippen molar-refractivity contribution in [2.45, 2.75) is 42.5 Å². The van der Waals surface area contributed by atoms with Gasteiger partial charge in [-0.1, -0.05) is 19.3 Å². The fourth-order valence-corrected chi connectivity index (χ4v) is 6.76. The second-order valence-electron chi connectivity index (χ2n) is 8.25. The smallest absolute Gasteiger partial charge is 0.274 e. The molecule has 2 aromatic rings. The third-order valence-corrected chi connectivity index (χ3v) is 8.73. The molecule has 1 fully saturated rings. The summed E-state index contributed by atoms with van der Waals surface area (Å²) < 4.78 is 53.1. The van der Waals surface area contributed by atoms with Crippen LogP contribution in [0.25, 0.3) is 0 Å². The van der Waals surface area contributed by atoms with Gasteiger partial charge in [-0.15, -0.1) is 0 Å². The van der Waals surface area contributed by atoms with Crippen molar-refractivity contribution in [2.24, 2.45) is 16.5 Å². The van der Waals surface area contributed by atoms with Gasteiger partial charge in [0, 0.05) is 11.3 Å². The van der Waals surface area contributed by atoms with Crippen LogP contribution in [-0.4, -0.2) is 35.6 Å². The molecule has 1 aromatic heterocycles. The second-order valence-corrected chi connectivity index (χ2v) is 10.5. The lowest BCUT2D eigenvalue weighted by atomic mass is 9.86. The number of nitrogens with two attached hydrogens (primary N) is 2. The second kappa shape index (κ2) is 7.89. The van der Waals surface area contributed by atoms with Crippen molar-refractivity contribution in [1.29, 1.82) is 0 Å². The minimum absolute atomic E-state index is 0.0542. The Labute approximate surface area is 184 Å². The number of halogens is 2. The summed E-state index contributed by atoms with van der Waals surface area (Å²) in [6.45, 7) is 0. The molecule has 1 spiro atoms. The molecule has 0 unspecified atom stereocenters. The first-order valence-electron chi connectivity index (χ1n) is 10.2. The fraction of sp³-hybridized carbons (Fsp3) is 0.381. The number of carbonyl (C=O) groups excluding carboxylic acids is 1. The van der Waals surface area contributed by atoms with E-state index in [9.17, 15) is 22.0 Å². The number of aliphatic imine (C=N–C) groups is 1. The largest absolute Gasteiger partial charge is 0.386 e. The fourth-order valence-electron chi connectivity index (χ4n) is 4.40. The normalized spacial score (nSPS) is 24.0. The summed E-state index contributed by atoms with van der Waals surface area (Å²) in [5.41, 5.74) is 10.4. The number of carbonyl (C=O) groups is 1. The first kappa shape index (κ1) is 22.3. The van der Waals surface area contributed by atoms with Crippen LogP contribution in [0.5, 0.6) is 0 Å². The molecule has 0 bridgehead atoms. The van der Waals surface area contributed by atoms with E-state index < -0.39 is 43.5 Å². The lowest BCUT2D eigenvalue weighted by Crippen LogP contribution is -2.61. The van der Waals surface area contributed by atoms with Gasteiger partial charge >= 0.3 is 0 Å². The van der Waals surface area contributed by atoms with Gasteiger partial charge < -0.3 is 16.8 Å². The number of anilines is 1. The zero-order valence-corrected chi connectivity index (χ0v) is 18.0. The summed E-state index contributed by atoms with van der Waals surface area (Å²) in [5.74, 6) is -2.74. The molecule has 4 rings (SSSR count). The van der Waals surface area contributed by atoms with Gasteiger partial charge in [0.1, 0.15) is 27.9 Å². The molecule has 170 valence electrons. The van der Waals surface area contributed by atoms with Crippen molar-refractivity contribution < 1.29 is 22.0 Å². The van der Waals surface area contributed by atoms with Crippen molar-refractivity contribution in [1.82, 2.24) is 4.98 Å². The number of hydrogen-bond donors (Lipinski definition) is 3. The minimum atomic E-state index is -3.83. The van der Waals surface area contributed by atoms with Crippen molar-refractivity contribution in [3.63, 3.8) is 0 Å². The van der Waals surface area contributed by atoms with Gasteiger partial charge in [-0.2, -0.15) is 0 Å². The van der Waals surface area contributed by atoms with Crippen molar-refractivity contribution >= 4 is 27.3 Å². The highest BCUT2D eigenvalue weighted by atomic mass is 32.2. The highest BCUT2D eigenvalue weighted by Crippen LogP contribution is 2.43. The van der Waals surface area contributed by atoms with E-state index in [1.165, 1.54) is 18.2 Å². The van der Waals surface area contributed by atoms with Crippen LogP contribution < -0.4 is 16.8 Å². The van der Waals surface area contributed by atoms with Gasteiger partial charge in [-0.25, -0.2) is 27.2 Å². The maximum Gasteiger partial charge on any atom is 0.274 e. The van der Waals surface area contributed by atoms with E-state index >= 15 is 0 Å². The molecule has 2 heterocycles. The Kier molecular flexibility index (Phi) is 5.49. The van der Waals surface area contributed by atoms with Crippen LogP contribution in [0.4, 0.5) is 14.5 Å². The Morgan fingerprint density at radius 2 is 1.81 bits per heavy atom. The molecule has 8 nitrogen and oxygen atoms in total. The Morgan fingerprint density at radius 1 is 1.09 bits per heavy atom. The highest BCUT2D eigenvalue weighted by Gasteiger charge is 2.55. The van der Waals surface area contributed by atoms with Gasteiger partial charge in [-0.3, -0.25) is 4.79 Å². The number of hydrogen-bond acceptors (Lipinski definition) is 7. The molecular weight excluding hydrogens is 440 g/mol. The van der Waals surface area contributed by atoms with Crippen LogP contribution in [0.2, 0.25) is 0 Å². The number of benzene rings is 1. The molecule has 1 atom stereocenters. The minimum Gasteiger partial charge on any atom is -0.386 e. The molecular formula is C21H23F2N5O3S. The summed E-state index contributed by atoms with van der Waals surface area (Å²) in [4.78, 5) is 20.4. The number of sulfone groups is 1. The van der Waals surface area contributed by atoms with Crippen LogP contribution in [0.15, 0.2) is 41.5 Å². The van der Waals surface area contributed by atoms with E-state index in [2.05, 4.69) is 15.3 Å². The van der Waals surface area contributed by atoms with Crippen molar-refractivity contribution in [2.75, 3.05) is 11.1 Å². The third kappa shape index (κ3) is 3.75. The molecule has 5 N–H and O–H groups in total. The molecule has 2 aliphatic rings. The lowest BCUT2D eigenvalue weighted by Gasteiger charge is -2.43. The summed E-state index contributed by atoms with van der Waals surface area (Å²) >= 11 is 0. The topological polar surface area (TPSA) is 141 Å². The predicted octanol–water partition coefficient (Wildman–Crippen LogP) is 2.21. The molecule has 11 heteroatoms. The van der Waals surface area contributed by atoms with Crippen molar-refractivity contribution in [3.05, 3.63) is 59.4 Å². The highest BCUT2D eigenvalue weighted by molar-refractivity contribution is 7.93. The van der Waals surface area contributed by atoms with Crippen LogP contribution in [-0.2, 0) is 15.5 Å². The molecule has 1 aromatic carbocycles. The average Bonchev–Trinajstić information content (AvgIpc) is 2.74. The van der Waals surface area contributed by atoms with Crippen LogP contribution in [0.1, 0.15) is 48.2 Å². The van der Waals surface area contributed by atoms with Crippen LogP contribution in [0.3, 0.4) is 0 Å². The van der Waals surface area contributed by atoms with E-state index in [1.54, 1.807) is 0 Å². The third-order valence-electron chi connectivity index (χ3n) is 6.10. The van der Waals surface area contributed by atoms with E-state index in [1.807, 2.05) is 0 Å². The lowest BCUT2D eigenvalue weighted by molar-refractivity contribution is 0.102. The average molecular weight is 464 g/mol. The number of nitrogens with one attached hydrogen (secondary N) is 1. The monoisotopic (exact) mass is 463 g/mol. The first-order chi connectivity index (χ1) is 15.1. The molecule has 1 saturated carbocycles. The number of aromatic nitrogens is 1. The Bertz CT molecular complexity index is 1190. The van der Waals surface area contributed by atoms with Crippen LogP contribution >= 0.6 is 0 Å². The van der Waals surface area contributed by atoms with E-state index in [4.69, 9.17) is 11.5 Å². The number of nitrogens with zero attached hydrogens (tertiary/aromatic N) is 2. The summed E-state index contributed by atoms with van der Waals surface area (Å²) in [6.07, 6.45) is 3.96.